The van der Waals surface area contributed by atoms with Crippen LogP contribution in [-0.4, -0.2) is 82.1 Å². The molecule has 12 heteroatoms. The Morgan fingerprint density at radius 2 is 1.78 bits per heavy atom. The molecule has 1 aliphatic heterocycles. The van der Waals surface area contributed by atoms with E-state index in [1.165, 1.54) is 18.3 Å². The number of likely N-dealkylation sites (N-methyl/N-ethyl adjacent to an activating group) is 1. The highest BCUT2D eigenvalue weighted by Crippen LogP contribution is 2.38. The molecule has 0 aromatic carbocycles. The normalized spacial score (nSPS) is 19.3. The molecule has 5 atom stereocenters. The van der Waals surface area contributed by atoms with E-state index in [1.54, 1.807) is 21.6 Å². The predicted octanol–water partition coefficient (Wildman–Crippen LogP) is 6.63. The molecule has 0 radical (unpaired) electrons. The lowest BCUT2D eigenvalue weighted by Crippen LogP contribution is -2.47. The van der Waals surface area contributed by atoms with Gasteiger partial charge in [0.1, 0.15) is 10.7 Å². The second-order valence-electron chi connectivity index (χ2n) is 15.1. The molecule has 1 aliphatic carbocycles. The number of esters is 1. The van der Waals surface area contributed by atoms with Gasteiger partial charge in [-0.3, -0.25) is 24.1 Å². The first-order chi connectivity index (χ1) is 23.2. The number of Topliss-reactive ketones (excluding diaryl/α,β-unsaturated/α-hetero) is 1. The summed E-state index contributed by atoms with van der Waals surface area (Å²) in [5.41, 5.74) is 1.25. The summed E-state index contributed by atoms with van der Waals surface area (Å²) in [7, 11) is 3.82. The van der Waals surface area contributed by atoms with E-state index in [0.29, 0.717) is 29.7 Å². The van der Waals surface area contributed by atoms with Crippen molar-refractivity contribution in [3.8, 4) is 0 Å². The summed E-state index contributed by atoms with van der Waals surface area (Å²) in [4.78, 5) is 66.6. The number of amides is 2. The van der Waals surface area contributed by atoms with Crippen molar-refractivity contribution in [2.75, 3.05) is 20.6 Å². The van der Waals surface area contributed by atoms with Crippen molar-refractivity contribution in [1.29, 1.82) is 0 Å². The number of aryl methyl sites for hydroxylation is 1. The molecule has 2 fully saturated rings. The molecule has 10 nitrogen and oxygen atoms in total. The van der Waals surface area contributed by atoms with Crippen LogP contribution in [0.2, 0.25) is 0 Å². The van der Waals surface area contributed by atoms with Crippen LogP contribution in [0.1, 0.15) is 125 Å². The van der Waals surface area contributed by atoms with E-state index >= 15 is 0 Å². The van der Waals surface area contributed by atoms with E-state index in [1.807, 2.05) is 26.4 Å². The van der Waals surface area contributed by atoms with Crippen LogP contribution >= 0.6 is 22.7 Å². The Morgan fingerprint density at radius 3 is 2.37 bits per heavy atom. The SMILES string of the molecule is CC(=O)O[C@H](C[C@H](C(C)C)N(C)C(=O)[C@@H](CC(=O)[C@H]1CCCCN1C)CC1CC1)c1nc(C(=O)N[C@@H](Cc2nc(C)cs2)CC(C)C)cs1. The van der Waals surface area contributed by atoms with Crippen LogP contribution in [0, 0.1) is 30.6 Å². The maximum atomic E-state index is 14.2. The number of thiazole rings is 2. The van der Waals surface area contributed by atoms with Crippen molar-refractivity contribution in [2.45, 2.75) is 130 Å². The molecule has 49 heavy (non-hydrogen) atoms. The molecule has 2 aromatic heterocycles. The minimum absolute atomic E-state index is 0.0233. The van der Waals surface area contributed by atoms with Gasteiger partial charge < -0.3 is 15.0 Å². The zero-order valence-electron chi connectivity index (χ0n) is 30.7. The molecule has 1 N–H and O–H groups in total. The standard InChI is InChI=1S/C37H57N5O5S2/c1-22(2)15-28(18-34-38-24(5)20-48-34)39-35(45)29-21-49-36(40-29)33(47-25(6)43)19-31(23(3)4)42(8)37(46)27(16-26-12-13-26)17-32(44)30-11-9-10-14-41(30)7/h20-23,26-28,30-31,33H,9-19H2,1-8H3,(H,39,45)/t27-,28-,30-,31-,33-/m1/s1. The summed E-state index contributed by atoms with van der Waals surface area (Å²) in [6.45, 7) is 12.6. The quantitative estimate of drug-likeness (QED) is 0.171. The molecule has 0 bridgehead atoms. The van der Waals surface area contributed by atoms with Crippen molar-refractivity contribution >= 4 is 46.2 Å². The van der Waals surface area contributed by atoms with Gasteiger partial charge in [-0.15, -0.1) is 22.7 Å². The maximum absolute atomic E-state index is 14.2. The van der Waals surface area contributed by atoms with E-state index in [4.69, 9.17) is 4.74 Å². The molecule has 1 saturated heterocycles. The number of hydrogen-bond acceptors (Lipinski definition) is 10. The zero-order valence-corrected chi connectivity index (χ0v) is 32.3. The number of ether oxygens (including phenoxy) is 1. The summed E-state index contributed by atoms with van der Waals surface area (Å²) in [6, 6.07) is -0.480. The molecule has 1 saturated carbocycles. The van der Waals surface area contributed by atoms with Crippen LogP contribution < -0.4 is 5.32 Å². The number of nitrogens with one attached hydrogen (secondary N) is 1. The van der Waals surface area contributed by atoms with Crippen LogP contribution in [0.25, 0.3) is 0 Å². The highest BCUT2D eigenvalue weighted by Gasteiger charge is 2.38. The fourth-order valence-corrected chi connectivity index (χ4v) is 8.80. The Kier molecular flexibility index (Phi) is 14.4. The second-order valence-corrected chi connectivity index (χ2v) is 16.9. The Morgan fingerprint density at radius 1 is 1.04 bits per heavy atom. The molecule has 2 aliphatic rings. The van der Waals surface area contributed by atoms with Crippen molar-refractivity contribution in [3.63, 3.8) is 0 Å². The number of ketones is 1. The highest BCUT2D eigenvalue weighted by molar-refractivity contribution is 7.10. The maximum Gasteiger partial charge on any atom is 0.303 e. The molecular weight excluding hydrogens is 659 g/mol. The van der Waals surface area contributed by atoms with Crippen molar-refractivity contribution in [2.24, 2.45) is 23.7 Å². The average molecular weight is 716 g/mol. The van der Waals surface area contributed by atoms with Crippen LogP contribution in [0.4, 0.5) is 0 Å². The molecule has 2 aromatic rings. The van der Waals surface area contributed by atoms with Gasteiger partial charge in [0.15, 0.2) is 11.9 Å². The Balaban J connectivity index is 1.48. The molecular formula is C37H57N5O5S2. The third-order valence-corrected chi connectivity index (χ3v) is 11.8. The van der Waals surface area contributed by atoms with Crippen LogP contribution in [0.3, 0.4) is 0 Å². The number of aromatic nitrogens is 2. The average Bonchev–Trinajstić information content (AvgIpc) is 3.53. The Labute approximate surface area is 300 Å². The first kappa shape index (κ1) is 39.1. The van der Waals surface area contributed by atoms with Crippen LogP contribution in [0.15, 0.2) is 10.8 Å². The molecule has 272 valence electrons. The number of nitrogens with zero attached hydrogens (tertiary/aromatic N) is 4. The van der Waals surface area contributed by atoms with Gasteiger partial charge in [-0.1, -0.05) is 47.0 Å². The minimum Gasteiger partial charge on any atom is -0.455 e. The zero-order chi connectivity index (χ0) is 35.8. The van der Waals surface area contributed by atoms with E-state index in [0.717, 1.165) is 62.2 Å². The van der Waals surface area contributed by atoms with E-state index in [9.17, 15) is 19.2 Å². The van der Waals surface area contributed by atoms with Gasteiger partial charge in [0.2, 0.25) is 5.91 Å². The fraction of sp³-hybridized carbons (Fsp3) is 0.730. The number of hydrogen-bond donors (Lipinski definition) is 1. The van der Waals surface area contributed by atoms with Gasteiger partial charge in [-0.25, -0.2) is 9.97 Å². The third kappa shape index (κ3) is 11.7. The number of carbonyl (C=O) groups excluding carboxylic acids is 4. The third-order valence-electron chi connectivity index (χ3n) is 9.84. The van der Waals surface area contributed by atoms with Crippen molar-refractivity contribution < 1.29 is 23.9 Å². The highest BCUT2D eigenvalue weighted by atomic mass is 32.1. The number of piperidine rings is 1. The first-order valence-electron chi connectivity index (χ1n) is 18.1. The molecule has 3 heterocycles. The lowest BCUT2D eigenvalue weighted by atomic mass is 9.88. The van der Waals surface area contributed by atoms with Gasteiger partial charge in [0.05, 0.1) is 11.0 Å². The second kappa shape index (κ2) is 18.0. The summed E-state index contributed by atoms with van der Waals surface area (Å²) in [5.74, 6) is -0.0209. The van der Waals surface area contributed by atoms with Gasteiger partial charge in [-0.2, -0.15) is 0 Å². The first-order valence-corrected chi connectivity index (χ1v) is 19.8. The summed E-state index contributed by atoms with van der Waals surface area (Å²) in [6.07, 6.45) is 7.27. The number of carbonyl (C=O) groups is 4. The smallest absolute Gasteiger partial charge is 0.303 e. The van der Waals surface area contributed by atoms with Gasteiger partial charge in [-0.05, 0) is 64.0 Å². The topological polar surface area (TPSA) is 122 Å². The van der Waals surface area contributed by atoms with Gasteiger partial charge in [0, 0.05) is 67.7 Å². The fourth-order valence-electron chi connectivity index (χ4n) is 7.10. The van der Waals surface area contributed by atoms with Crippen LogP contribution in [-0.2, 0) is 25.5 Å². The lowest BCUT2D eigenvalue weighted by Gasteiger charge is -2.36. The minimum atomic E-state index is -0.726. The summed E-state index contributed by atoms with van der Waals surface area (Å²) < 4.78 is 5.82. The van der Waals surface area contributed by atoms with E-state index in [-0.39, 0.29) is 59.7 Å². The van der Waals surface area contributed by atoms with Crippen molar-refractivity contribution in [3.05, 3.63) is 32.2 Å². The summed E-state index contributed by atoms with van der Waals surface area (Å²) in [5, 5.41) is 8.40. The summed E-state index contributed by atoms with van der Waals surface area (Å²) >= 11 is 2.88. The largest absolute Gasteiger partial charge is 0.455 e. The molecule has 4 rings (SSSR count). The Hall–Kier alpha value is -2.70. The number of rotatable bonds is 18. The van der Waals surface area contributed by atoms with E-state index in [2.05, 4.69) is 47.9 Å². The lowest BCUT2D eigenvalue weighted by molar-refractivity contribution is -0.149. The number of likely N-dealkylation sites (tertiary alicyclic amines) is 1. The van der Waals surface area contributed by atoms with Crippen molar-refractivity contribution in [1.82, 2.24) is 25.1 Å². The molecule has 2 amide bonds. The molecule has 0 unspecified atom stereocenters. The van der Waals surface area contributed by atoms with Gasteiger partial charge in [0.25, 0.3) is 5.91 Å². The van der Waals surface area contributed by atoms with Gasteiger partial charge >= 0.3 is 5.97 Å². The monoisotopic (exact) mass is 715 g/mol. The Bertz CT molecular complexity index is 1420. The predicted molar refractivity (Wildman–Crippen MR) is 195 cm³/mol. The van der Waals surface area contributed by atoms with Crippen LogP contribution in [0.5, 0.6) is 0 Å². The molecule has 0 spiro atoms. The van der Waals surface area contributed by atoms with E-state index < -0.39 is 12.1 Å².